The van der Waals surface area contributed by atoms with Crippen LogP contribution in [-0.2, 0) is 9.53 Å². The molecule has 0 radical (unpaired) electrons. The highest BCUT2D eigenvalue weighted by atomic mass is 16.5. The van der Waals surface area contributed by atoms with Gasteiger partial charge in [0.15, 0.2) is 5.66 Å². The maximum Gasteiger partial charge on any atom is 0.222 e. The minimum atomic E-state index is -0.335. The van der Waals surface area contributed by atoms with Gasteiger partial charge in [-0.15, -0.1) is 12.3 Å². The minimum absolute atomic E-state index is 0.246. The van der Waals surface area contributed by atoms with Crippen molar-refractivity contribution in [3.63, 3.8) is 0 Å². The molecule has 0 aromatic rings. The predicted octanol–water partition coefficient (Wildman–Crippen LogP) is 2.37. The molecule has 2 fully saturated rings. The molecule has 21 heavy (non-hydrogen) atoms. The number of ether oxygens (including phenoxy) is 1. The molecular formula is C16H23N3O2. The van der Waals surface area contributed by atoms with Gasteiger partial charge in [0.2, 0.25) is 5.91 Å². The Morgan fingerprint density at radius 1 is 1.24 bits per heavy atom. The van der Waals surface area contributed by atoms with Gasteiger partial charge in [-0.1, -0.05) is 0 Å². The lowest BCUT2D eigenvalue weighted by Crippen LogP contribution is -2.35. The molecular weight excluding hydrogens is 266 g/mol. The molecule has 0 bridgehead atoms. The standard InChI is InChI=1S/C16H23N3O2/c1-2-3-5-16(17-18-16)6-4-14(20)19-10-7-15(13-19)8-11-21-12-9-15/h1H,3-13H2. The van der Waals surface area contributed by atoms with Crippen LogP contribution >= 0.6 is 0 Å². The summed E-state index contributed by atoms with van der Waals surface area (Å²) in [7, 11) is 0. The summed E-state index contributed by atoms with van der Waals surface area (Å²) in [6.07, 6.45) is 11.3. The second-order valence-electron chi connectivity index (χ2n) is 6.56. The number of rotatable bonds is 5. The number of hydrogen-bond acceptors (Lipinski definition) is 4. The third kappa shape index (κ3) is 3.26. The largest absolute Gasteiger partial charge is 0.381 e. The number of likely N-dealkylation sites (tertiary alicyclic amines) is 1. The molecule has 3 aliphatic rings. The van der Waals surface area contributed by atoms with E-state index < -0.39 is 0 Å². The third-order valence-electron chi connectivity index (χ3n) is 5.14. The first kappa shape index (κ1) is 14.5. The molecule has 1 amide bonds. The van der Waals surface area contributed by atoms with E-state index in [4.69, 9.17) is 11.2 Å². The van der Waals surface area contributed by atoms with E-state index in [1.165, 1.54) is 0 Å². The highest BCUT2D eigenvalue weighted by molar-refractivity contribution is 5.76. The SMILES string of the molecule is C#CCCC1(CCC(=O)N2CCC3(CCOCC3)C2)N=N1. The van der Waals surface area contributed by atoms with Gasteiger partial charge in [0.05, 0.1) is 0 Å². The molecule has 1 spiro atoms. The fraction of sp³-hybridized carbons (Fsp3) is 0.812. The Morgan fingerprint density at radius 2 is 2.00 bits per heavy atom. The number of carbonyl (C=O) groups excluding carboxylic acids is 1. The van der Waals surface area contributed by atoms with Gasteiger partial charge in [-0.25, -0.2) is 0 Å². The lowest BCUT2D eigenvalue weighted by atomic mass is 9.80. The van der Waals surface area contributed by atoms with Crippen LogP contribution in [0, 0.1) is 17.8 Å². The number of carbonyl (C=O) groups is 1. The zero-order valence-electron chi connectivity index (χ0n) is 12.5. The van der Waals surface area contributed by atoms with Crippen LogP contribution in [0.15, 0.2) is 10.2 Å². The van der Waals surface area contributed by atoms with Crippen molar-refractivity contribution in [2.75, 3.05) is 26.3 Å². The molecule has 2 saturated heterocycles. The molecule has 5 heteroatoms. The Kier molecular flexibility index (Phi) is 3.99. The van der Waals surface area contributed by atoms with E-state index in [1.807, 2.05) is 4.90 Å². The Balaban J connectivity index is 1.45. The molecule has 3 heterocycles. The highest BCUT2D eigenvalue weighted by Crippen LogP contribution is 2.41. The fourth-order valence-corrected chi connectivity index (χ4v) is 3.49. The van der Waals surface area contributed by atoms with Crippen LogP contribution in [0.3, 0.4) is 0 Å². The number of nitrogens with zero attached hydrogens (tertiary/aromatic N) is 3. The van der Waals surface area contributed by atoms with Gasteiger partial charge >= 0.3 is 0 Å². The quantitative estimate of drug-likeness (QED) is 0.730. The molecule has 0 saturated carbocycles. The lowest BCUT2D eigenvalue weighted by molar-refractivity contribution is -0.131. The average molecular weight is 289 g/mol. The molecule has 0 N–H and O–H groups in total. The highest BCUT2D eigenvalue weighted by Gasteiger charge is 2.43. The molecule has 114 valence electrons. The van der Waals surface area contributed by atoms with Crippen molar-refractivity contribution in [2.45, 2.75) is 50.6 Å². The number of amides is 1. The van der Waals surface area contributed by atoms with E-state index in [2.05, 4.69) is 16.1 Å². The van der Waals surface area contributed by atoms with Gasteiger partial charge in [-0.2, -0.15) is 10.2 Å². The number of terminal acetylenes is 1. The normalized spacial score (nSPS) is 25.0. The van der Waals surface area contributed by atoms with E-state index in [9.17, 15) is 4.79 Å². The maximum absolute atomic E-state index is 12.4. The topological polar surface area (TPSA) is 54.3 Å². The van der Waals surface area contributed by atoms with Gasteiger partial charge in [-0.05, 0) is 24.7 Å². The molecule has 5 nitrogen and oxygen atoms in total. The third-order valence-corrected chi connectivity index (χ3v) is 5.14. The van der Waals surface area contributed by atoms with Crippen LogP contribution in [0.1, 0.15) is 44.9 Å². The van der Waals surface area contributed by atoms with Crippen LogP contribution in [0.5, 0.6) is 0 Å². The fourth-order valence-electron chi connectivity index (χ4n) is 3.49. The first-order chi connectivity index (χ1) is 10.2. The minimum Gasteiger partial charge on any atom is -0.381 e. The zero-order chi connectivity index (χ0) is 14.8. The van der Waals surface area contributed by atoms with Crippen molar-refractivity contribution >= 4 is 5.91 Å². The first-order valence-corrected chi connectivity index (χ1v) is 7.90. The van der Waals surface area contributed by atoms with Gasteiger partial charge in [0.25, 0.3) is 0 Å². The second kappa shape index (κ2) is 5.76. The van der Waals surface area contributed by atoms with Crippen molar-refractivity contribution in [3.05, 3.63) is 0 Å². The molecule has 0 atom stereocenters. The molecule has 0 aromatic heterocycles. The second-order valence-corrected chi connectivity index (χ2v) is 6.56. The lowest BCUT2D eigenvalue weighted by Gasteiger charge is -2.33. The van der Waals surface area contributed by atoms with Crippen LogP contribution in [-0.4, -0.2) is 42.8 Å². The summed E-state index contributed by atoms with van der Waals surface area (Å²) in [5.74, 6) is 2.86. The molecule has 0 aromatic carbocycles. The van der Waals surface area contributed by atoms with Gasteiger partial charge in [0, 0.05) is 52.0 Å². The van der Waals surface area contributed by atoms with Crippen molar-refractivity contribution < 1.29 is 9.53 Å². The van der Waals surface area contributed by atoms with E-state index in [0.717, 1.165) is 52.0 Å². The van der Waals surface area contributed by atoms with Crippen LogP contribution < -0.4 is 0 Å². The van der Waals surface area contributed by atoms with Crippen LogP contribution in [0.4, 0.5) is 0 Å². The summed E-state index contributed by atoms with van der Waals surface area (Å²) in [5, 5.41) is 8.19. The monoisotopic (exact) mass is 289 g/mol. The van der Waals surface area contributed by atoms with Crippen LogP contribution in [0.25, 0.3) is 0 Å². The Labute approximate surface area is 126 Å². The van der Waals surface area contributed by atoms with E-state index in [1.54, 1.807) is 0 Å². The maximum atomic E-state index is 12.4. The van der Waals surface area contributed by atoms with Gasteiger partial charge in [-0.3, -0.25) is 4.79 Å². The Morgan fingerprint density at radius 3 is 2.67 bits per heavy atom. The summed E-state index contributed by atoms with van der Waals surface area (Å²) in [6, 6.07) is 0. The molecule has 0 unspecified atom stereocenters. The van der Waals surface area contributed by atoms with Crippen molar-refractivity contribution in [2.24, 2.45) is 15.6 Å². The van der Waals surface area contributed by atoms with Gasteiger partial charge in [0.1, 0.15) is 0 Å². The summed E-state index contributed by atoms with van der Waals surface area (Å²) < 4.78 is 5.45. The van der Waals surface area contributed by atoms with E-state index in [0.29, 0.717) is 24.7 Å². The van der Waals surface area contributed by atoms with Crippen molar-refractivity contribution in [1.29, 1.82) is 0 Å². The average Bonchev–Trinajstić information content (AvgIpc) is 3.18. The summed E-state index contributed by atoms with van der Waals surface area (Å²) in [4.78, 5) is 14.4. The molecule has 0 aliphatic carbocycles. The van der Waals surface area contributed by atoms with Crippen LogP contribution in [0.2, 0.25) is 0 Å². The Bertz CT molecular complexity index is 468. The molecule has 3 aliphatic heterocycles. The summed E-state index contributed by atoms with van der Waals surface area (Å²) in [5.41, 5.74) is -0.0124. The zero-order valence-corrected chi connectivity index (χ0v) is 12.5. The Hall–Kier alpha value is -1.41. The smallest absolute Gasteiger partial charge is 0.222 e. The summed E-state index contributed by atoms with van der Waals surface area (Å²) in [6.45, 7) is 3.48. The van der Waals surface area contributed by atoms with Crippen molar-refractivity contribution in [3.8, 4) is 12.3 Å². The van der Waals surface area contributed by atoms with Gasteiger partial charge < -0.3 is 9.64 Å². The van der Waals surface area contributed by atoms with E-state index in [-0.39, 0.29) is 11.6 Å². The molecule has 3 rings (SSSR count). The number of hydrogen-bond donors (Lipinski definition) is 0. The van der Waals surface area contributed by atoms with E-state index >= 15 is 0 Å². The predicted molar refractivity (Wildman–Crippen MR) is 78.6 cm³/mol. The van der Waals surface area contributed by atoms with Crippen molar-refractivity contribution in [1.82, 2.24) is 4.90 Å². The summed E-state index contributed by atoms with van der Waals surface area (Å²) >= 11 is 0. The first-order valence-electron chi connectivity index (χ1n) is 7.90.